The number of para-hydroxylation sites is 2. The van der Waals surface area contributed by atoms with Crippen LogP contribution in [0.2, 0.25) is 0 Å². The van der Waals surface area contributed by atoms with Crippen LogP contribution in [0.1, 0.15) is 54.0 Å². The molecule has 2 nitrogen and oxygen atoms in total. The Kier molecular flexibility index (Phi) is 8.19. The fourth-order valence-electron chi connectivity index (χ4n) is 10.9. The highest BCUT2D eigenvalue weighted by Gasteiger charge is 2.36. The molecule has 0 N–H and O–H groups in total. The zero-order chi connectivity index (χ0) is 40.7. The zero-order valence-electron chi connectivity index (χ0n) is 34.5. The minimum absolute atomic E-state index is 0.108. The third-order valence-corrected chi connectivity index (χ3v) is 13.7. The molecule has 1 heterocycles. The lowest BCUT2D eigenvalue weighted by molar-refractivity contribution is 0.627. The molecule has 12 rings (SSSR count). The number of rotatable bonds is 6. The zero-order valence-corrected chi connectivity index (χ0v) is 34.5. The molecule has 9 aromatic carbocycles. The van der Waals surface area contributed by atoms with Gasteiger partial charge in [0.2, 0.25) is 0 Å². The summed E-state index contributed by atoms with van der Waals surface area (Å²) in [5.74, 6) is 0.291. The Morgan fingerprint density at radius 1 is 0.508 bits per heavy atom. The Hall–Kier alpha value is -7.16. The predicted octanol–water partition coefficient (Wildman–Crippen LogP) is 16.1. The maximum atomic E-state index is 6.75. The largest absolute Gasteiger partial charge is 0.456 e. The summed E-state index contributed by atoms with van der Waals surface area (Å²) in [5, 5.41) is 4.84. The molecule has 1 unspecified atom stereocenters. The third-order valence-electron chi connectivity index (χ3n) is 13.7. The molecule has 2 aliphatic carbocycles. The first-order chi connectivity index (χ1) is 30.0. The van der Waals surface area contributed by atoms with Gasteiger partial charge in [-0.15, -0.1) is 0 Å². The molecule has 0 amide bonds. The molecule has 0 spiro atoms. The van der Waals surface area contributed by atoms with E-state index in [0.717, 1.165) is 41.5 Å². The molecule has 0 fully saturated rings. The molecule has 2 heteroatoms. The van der Waals surface area contributed by atoms with Crippen LogP contribution in [-0.4, -0.2) is 0 Å². The van der Waals surface area contributed by atoms with Crippen LogP contribution in [0.4, 0.5) is 17.1 Å². The van der Waals surface area contributed by atoms with Crippen molar-refractivity contribution in [1.82, 2.24) is 0 Å². The van der Waals surface area contributed by atoms with E-state index in [0.29, 0.717) is 5.92 Å². The average Bonchev–Trinajstić information content (AvgIpc) is 3.73. The SMILES string of the molecule is CC1(C)c2ccccc2-c2ccc(N(c3ccccc3)c3ccc4c(c3)C(Cc3ccccc3)CCc3cc5oc6ccccc6c5c(-c5cccc6ccccc56)c3-4)cc21. The van der Waals surface area contributed by atoms with Crippen LogP contribution in [0.5, 0.6) is 0 Å². The van der Waals surface area contributed by atoms with Crippen molar-refractivity contribution in [2.24, 2.45) is 0 Å². The molecule has 1 atom stereocenters. The van der Waals surface area contributed by atoms with E-state index in [-0.39, 0.29) is 5.41 Å². The number of aryl methyl sites for hydroxylation is 1. The Balaban J connectivity index is 1.12. The van der Waals surface area contributed by atoms with Gasteiger partial charge in [0.05, 0.1) is 0 Å². The average molecular weight is 784 g/mol. The predicted molar refractivity (Wildman–Crippen MR) is 256 cm³/mol. The summed E-state index contributed by atoms with van der Waals surface area (Å²) in [7, 11) is 0. The van der Waals surface area contributed by atoms with Crippen molar-refractivity contribution >= 4 is 49.8 Å². The standard InChI is InChI=1S/C59H45NO/c1-59(2)52-26-13-11-23-46(52)47-32-30-44(37-53(47)59)60(42-20-7-4-8-21-42)43-31-33-49-51(36-43)40(34-38-16-5-3-6-17-38)28-29-41-35-55-57(50-24-12-14-27-54(50)61-55)58(56(41)49)48-25-15-19-39-18-9-10-22-45(39)48/h3-27,30-33,35-37,40H,28-29,34H2,1-2H3. The van der Waals surface area contributed by atoms with Crippen molar-refractivity contribution in [3.05, 3.63) is 222 Å². The smallest absolute Gasteiger partial charge is 0.136 e. The van der Waals surface area contributed by atoms with Crippen LogP contribution in [-0.2, 0) is 18.3 Å². The second-order valence-electron chi connectivity index (χ2n) is 17.6. The summed E-state index contributed by atoms with van der Waals surface area (Å²) >= 11 is 0. The van der Waals surface area contributed by atoms with E-state index in [1.165, 1.54) is 88.7 Å². The molecule has 1 aromatic heterocycles. The number of hydrogen-bond acceptors (Lipinski definition) is 2. The minimum Gasteiger partial charge on any atom is -0.456 e. The first kappa shape index (κ1) is 35.8. The molecule has 0 bridgehead atoms. The van der Waals surface area contributed by atoms with Gasteiger partial charge in [-0.2, -0.15) is 0 Å². The van der Waals surface area contributed by atoms with Gasteiger partial charge in [0.15, 0.2) is 0 Å². The normalized spacial score (nSPS) is 15.0. The molecule has 61 heavy (non-hydrogen) atoms. The molecule has 0 saturated heterocycles. The van der Waals surface area contributed by atoms with Crippen molar-refractivity contribution in [2.45, 2.75) is 44.4 Å². The van der Waals surface area contributed by atoms with Gasteiger partial charge >= 0.3 is 0 Å². The van der Waals surface area contributed by atoms with Gasteiger partial charge < -0.3 is 9.32 Å². The molecular formula is C59H45NO. The molecule has 10 aromatic rings. The van der Waals surface area contributed by atoms with Gasteiger partial charge in [0.1, 0.15) is 11.2 Å². The topological polar surface area (TPSA) is 16.4 Å². The van der Waals surface area contributed by atoms with Gasteiger partial charge in [-0.25, -0.2) is 0 Å². The summed E-state index contributed by atoms with van der Waals surface area (Å²) in [6, 6.07) is 71.9. The van der Waals surface area contributed by atoms with Crippen LogP contribution in [0, 0.1) is 0 Å². The van der Waals surface area contributed by atoms with Crippen LogP contribution in [0.25, 0.3) is 66.1 Å². The molecule has 0 saturated carbocycles. The van der Waals surface area contributed by atoms with Crippen LogP contribution in [0.15, 0.2) is 199 Å². The van der Waals surface area contributed by atoms with Gasteiger partial charge in [0.25, 0.3) is 0 Å². The summed E-state index contributed by atoms with van der Waals surface area (Å²) in [5.41, 5.74) is 20.0. The van der Waals surface area contributed by atoms with E-state index < -0.39 is 0 Å². The van der Waals surface area contributed by atoms with Crippen molar-refractivity contribution in [3.8, 4) is 33.4 Å². The number of hydrogen-bond donors (Lipinski definition) is 0. The van der Waals surface area contributed by atoms with Crippen molar-refractivity contribution in [2.75, 3.05) is 4.90 Å². The second kappa shape index (κ2) is 14.0. The fourth-order valence-corrected chi connectivity index (χ4v) is 10.9. The third kappa shape index (κ3) is 5.70. The number of anilines is 3. The molecule has 2 aliphatic rings. The van der Waals surface area contributed by atoms with E-state index in [1.807, 2.05) is 0 Å². The summed E-state index contributed by atoms with van der Waals surface area (Å²) < 4.78 is 6.75. The van der Waals surface area contributed by atoms with E-state index >= 15 is 0 Å². The quantitative estimate of drug-likeness (QED) is 0.167. The maximum Gasteiger partial charge on any atom is 0.136 e. The minimum atomic E-state index is -0.108. The summed E-state index contributed by atoms with van der Waals surface area (Å²) in [4.78, 5) is 2.48. The van der Waals surface area contributed by atoms with Crippen molar-refractivity contribution in [1.29, 1.82) is 0 Å². The van der Waals surface area contributed by atoms with Crippen molar-refractivity contribution < 1.29 is 4.42 Å². The molecular weight excluding hydrogens is 739 g/mol. The number of benzene rings is 9. The fraction of sp³-hybridized carbons (Fsp3) is 0.119. The Bertz CT molecular complexity index is 3310. The lowest BCUT2D eigenvalue weighted by Gasteiger charge is -2.30. The Morgan fingerprint density at radius 2 is 1.16 bits per heavy atom. The highest BCUT2D eigenvalue weighted by atomic mass is 16.3. The van der Waals surface area contributed by atoms with Gasteiger partial charge in [-0.3, -0.25) is 0 Å². The van der Waals surface area contributed by atoms with Crippen LogP contribution >= 0.6 is 0 Å². The van der Waals surface area contributed by atoms with E-state index in [4.69, 9.17) is 4.42 Å². The lowest BCUT2D eigenvalue weighted by Crippen LogP contribution is -2.16. The highest BCUT2D eigenvalue weighted by molar-refractivity contribution is 6.19. The summed E-state index contributed by atoms with van der Waals surface area (Å²) in [6.45, 7) is 4.74. The summed E-state index contributed by atoms with van der Waals surface area (Å²) in [6.07, 6.45) is 2.94. The van der Waals surface area contributed by atoms with Gasteiger partial charge in [0, 0.05) is 38.8 Å². The Labute approximate surface area is 357 Å². The lowest BCUT2D eigenvalue weighted by atomic mass is 9.82. The van der Waals surface area contributed by atoms with E-state index in [1.54, 1.807) is 0 Å². The van der Waals surface area contributed by atoms with Crippen molar-refractivity contribution in [3.63, 3.8) is 0 Å². The number of fused-ring (bicyclic) bond motifs is 10. The van der Waals surface area contributed by atoms with Crippen LogP contribution in [0.3, 0.4) is 0 Å². The molecule has 292 valence electrons. The first-order valence-electron chi connectivity index (χ1n) is 21.7. The highest BCUT2D eigenvalue weighted by Crippen LogP contribution is 2.53. The maximum absolute atomic E-state index is 6.75. The second-order valence-corrected chi connectivity index (χ2v) is 17.6. The number of nitrogens with zero attached hydrogens (tertiary/aromatic N) is 1. The monoisotopic (exact) mass is 783 g/mol. The molecule has 0 radical (unpaired) electrons. The van der Waals surface area contributed by atoms with E-state index in [2.05, 4.69) is 213 Å². The van der Waals surface area contributed by atoms with E-state index in [9.17, 15) is 0 Å². The van der Waals surface area contributed by atoms with Crippen LogP contribution < -0.4 is 4.90 Å². The number of furan rings is 1. The van der Waals surface area contributed by atoms with Gasteiger partial charge in [-0.1, -0.05) is 159 Å². The van der Waals surface area contributed by atoms with Gasteiger partial charge in [-0.05, 0) is 140 Å². The first-order valence-corrected chi connectivity index (χ1v) is 21.7. The molecule has 0 aliphatic heterocycles. The Morgan fingerprint density at radius 3 is 2.02 bits per heavy atom.